The van der Waals surface area contributed by atoms with Gasteiger partial charge in [-0.25, -0.2) is 4.79 Å². The second kappa shape index (κ2) is 5.40. The van der Waals surface area contributed by atoms with Gasteiger partial charge in [0.25, 0.3) is 0 Å². The van der Waals surface area contributed by atoms with Gasteiger partial charge < -0.3 is 15.0 Å². The minimum absolute atomic E-state index is 0.0548. The largest absolute Gasteiger partial charge is 0.372 e. The van der Waals surface area contributed by atoms with E-state index in [0.717, 1.165) is 5.69 Å². The number of urea groups is 1. The highest BCUT2D eigenvalue weighted by Crippen LogP contribution is 2.14. The van der Waals surface area contributed by atoms with Gasteiger partial charge in [-0.2, -0.15) is 0 Å². The maximum atomic E-state index is 12.1. The zero-order chi connectivity index (χ0) is 13.1. The number of aryl methyl sites for hydroxylation is 1. The molecule has 18 heavy (non-hydrogen) atoms. The number of rotatable bonds is 1. The van der Waals surface area contributed by atoms with Crippen LogP contribution in [0.4, 0.5) is 10.5 Å². The lowest BCUT2D eigenvalue weighted by atomic mass is 10.2. The summed E-state index contributed by atoms with van der Waals surface area (Å²) in [4.78, 5) is 13.9. The quantitative estimate of drug-likeness (QED) is 0.830. The Hall–Kier alpha value is -1.55. The van der Waals surface area contributed by atoms with Gasteiger partial charge in [-0.15, -0.1) is 0 Å². The Labute approximate surface area is 108 Å². The second-order valence-electron chi connectivity index (χ2n) is 4.96. The standard InChI is InChI=1S/C14H20N2O2/c1-10-4-6-13(7-5-10)15-14(17)16-8-11(2)18-12(3)9-16/h4-7,11-12H,8-9H2,1-3H3,(H,15,17)/t11-,12-/m0/s1. The zero-order valence-corrected chi connectivity index (χ0v) is 11.1. The Morgan fingerprint density at radius 3 is 2.33 bits per heavy atom. The van der Waals surface area contributed by atoms with Gasteiger partial charge >= 0.3 is 6.03 Å². The molecule has 2 atom stereocenters. The maximum Gasteiger partial charge on any atom is 0.322 e. The fraction of sp³-hybridized carbons (Fsp3) is 0.500. The molecule has 1 N–H and O–H groups in total. The molecule has 2 rings (SSSR count). The molecule has 98 valence electrons. The van der Waals surface area contributed by atoms with Gasteiger partial charge in [0, 0.05) is 18.8 Å². The van der Waals surface area contributed by atoms with Gasteiger partial charge in [0.2, 0.25) is 0 Å². The number of anilines is 1. The van der Waals surface area contributed by atoms with Crippen LogP contribution in [0, 0.1) is 6.92 Å². The summed E-state index contributed by atoms with van der Waals surface area (Å²) in [6.07, 6.45) is 0.190. The van der Waals surface area contributed by atoms with Crippen LogP contribution in [0.2, 0.25) is 0 Å². The molecule has 0 radical (unpaired) electrons. The fourth-order valence-electron chi connectivity index (χ4n) is 2.18. The van der Waals surface area contributed by atoms with E-state index in [0.29, 0.717) is 13.1 Å². The number of hydrogen-bond acceptors (Lipinski definition) is 2. The average molecular weight is 248 g/mol. The van der Waals surface area contributed by atoms with Gasteiger partial charge in [0.1, 0.15) is 0 Å². The first-order valence-corrected chi connectivity index (χ1v) is 6.32. The summed E-state index contributed by atoms with van der Waals surface area (Å²) in [5.74, 6) is 0. The molecule has 0 aliphatic carbocycles. The Morgan fingerprint density at radius 1 is 1.22 bits per heavy atom. The molecule has 1 saturated heterocycles. The predicted molar refractivity (Wildman–Crippen MR) is 71.8 cm³/mol. The van der Waals surface area contributed by atoms with Crippen LogP contribution in [0.15, 0.2) is 24.3 Å². The zero-order valence-electron chi connectivity index (χ0n) is 11.1. The van der Waals surface area contributed by atoms with Crippen LogP contribution in [0.3, 0.4) is 0 Å². The van der Waals surface area contributed by atoms with Gasteiger partial charge in [0.05, 0.1) is 12.2 Å². The van der Waals surface area contributed by atoms with Crippen LogP contribution < -0.4 is 5.32 Å². The summed E-state index contributed by atoms with van der Waals surface area (Å²) < 4.78 is 5.61. The van der Waals surface area contributed by atoms with Crippen LogP contribution in [-0.2, 0) is 4.74 Å². The lowest BCUT2D eigenvalue weighted by Gasteiger charge is -2.35. The Balaban J connectivity index is 1.97. The molecule has 4 nitrogen and oxygen atoms in total. The first kappa shape index (κ1) is 12.9. The highest BCUT2D eigenvalue weighted by Gasteiger charge is 2.25. The molecule has 1 aromatic carbocycles. The molecule has 0 aromatic heterocycles. The van der Waals surface area contributed by atoms with Crippen LogP contribution >= 0.6 is 0 Å². The predicted octanol–water partition coefficient (Wildman–Crippen LogP) is 2.64. The SMILES string of the molecule is Cc1ccc(NC(=O)N2C[C@H](C)O[C@@H](C)C2)cc1. The van der Waals surface area contributed by atoms with E-state index in [1.807, 2.05) is 45.0 Å². The molecule has 1 heterocycles. The van der Waals surface area contributed by atoms with Crippen molar-refractivity contribution in [3.8, 4) is 0 Å². The van der Waals surface area contributed by atoms with E-state index in [2.05, 4.69) is 5.32 Å². The molecule has 0 bridgehead atoms. The maximum absolute atomic E-state index is 12.1. The lowest BCUT2D eigenvalue weighted by Crippen LogP contribution is -2.49. The van der Waals surface area contributed by atoms with Crippen molar-refractivity contribution >= 4 is 11.7 Å². The normalized spacial score (nSPS) is 23.8. The molecular formula is C14H20N2O2. The molecule has 0 unspecified atom stereocenters. The minimum Gasteiger partial charge on any atom is -0.372 e. The number of nitrogens with one attached hydrogen (secondary N) is 1. The monoisotopic (exact) mass is 248 g/mol. The molecule has 0 saturated carbocycles. The summed E-state index contributed by atoms with van der Waals surface area (Å²) in [6.45, 7) is 7.28. The van der Waals surface area contributed by atoms with Crippen LogP contribution in [-0.4, -0.2) is 36.2 Å². The molecule has 4 heteroatoms. The van der Waals surface area contributed by atoms with E-state index in [1.165, 1.54) is 5.56 Å². The smallest absolute Gasteiger partial charge is 0.322 e. The van der Waals surface area contributed by atoms with Crippen molar-refractivity contribution in [3.63, 3.8) is 0 Å². The van der Waals surface area contributed by atoms with Crippen molar-refractivity contribution in [2.45, 2.75) is 33.0 Å². The Kier molecular flexibility index (Phi) is 3.87. The molecule has 0 spiro atoms. The van der Waals surface area contributed by atoms with Crippen molar-refractivity contribution in [2.75, 3.05) is 18.4 Å². The highest BCUT2D eigenvalue weighted by molar-refractivity contribution is 5.89. The minimum atomic E-state index is -0.0548. The lowest BCUT2D eigenvalue weighted by molar-refractivity contribution is -0.0530. The number of nitrogens with zero attached hydrogens (tertiary/aromatic N) is 1. The molecule has 2 amide bonds. The van der Waals surface area contributed by atoms with E-state index < -0.39 is 0 Å². The molecule has 1 aromatic rings. The number of benzene rings is 1. The third-order valence-corrected chi connectivity index (χ3v) is 3.01. The Bertz CT molecular complexity index is 406. The molecule has 1 fully saturated rings. The van der Waals surface area contributed by atoms with Crippen molar-refractivity contribution in [1.29, 1.82) is 0 Å². The summed E-state index contributed by atoms with van der Waals surface area (Å²) in [7, 11) is 0. The van der Waals surface area contributed by atoms with Gasteiger partial charge in [-0.1, -0.05) is 17.7 Å². The van der Waals surface area contributed by atoms with Crippen LogP contribution in [0.25, 0.3) is 0 Å². The number of carbonyl (C=O) groups excluding carboxylic acids is 1. The average Bonchev–Trinajstić information content (AvgIpc) is 2.31. The van der Waals surface area contributed by atoms with E-state index in [9.17, 15) is 4.79 Å². The third kappa shape index (κ3) is 3.23. The second-order valence-corrected chi connectivity index (χ2v) is 4.96. The summed E-state index contributed by atoms with van der Waals surface area (Å²) in [6, 6.07) is 7.75. The van der Waals surface area contributed by atoms with Gasteiger partial charge in [0.15, 0.2) is 0 Å². The molecular weight excluding hydrogens is 228 g/mol. The van der Waals surface area contributed by atoms with E-state index in [-0.39, 0.29) is 18.2 Å². The number of amides is 2. The number of carbonyl (C=O) groups is 1. The number of morpholine rings is 1. The van der Waals surface area contributed by atoms with Gasteiger partial charge in [-0.05, 0) is 32.9 Å². The first-order chi connectivity index (χ1) is 8.54. The highest BCUT2D eigenvalue weighted by atomic mass is 16.5. The number of hydrogen-bond donors (Lipinski definition) is 1. The summed E-state index contributed by atoms with van der Waals surface area (Å²) >= 11 is 0. The van der Waals surface area contributed by atoms with Crippen molar-refractivity contribution < 1.29 is 9.53 Å². The topological polar surface area (TPSA) is 41.6 Å². The summed E-state index contributed by atoms with van der Waals surface area (Å²) in [5.41, 5.74) is 2.01. The summed E-state index contributed by atoms with van der Waals surface area (Å²) in [5, 5.41) is 2.91. The van der Waals surface area contributed by atoms with Crippen molar-refractivity contribution in [2.24, 2.45) is 0 Å². The fourth-order valence-corrected chi connectivity index (χ4v) is 2.18. The van der Waals surface area contributed by atoms with Gasteiger partial charge in [-0.3, -0.25) is 0 Å². The molecule has 1 aliphatic rings. The molecule has 1 aliphatic heterocycles. The van der Waals surface area contributed by atoms with Crippen molar-refractivity contribution in [3.05, 3.63) is 29.8 Å². The van der Waals surface area contributed by atoms with E-state index in [4.69, 9.17) is 4.74 Å². The first-order valence-electron chi connectivity index (χ1n) is 6.32. The van der Waals surface area contributed by atoms with E-state index in [1.54, 1.807) is 4.90 Å². The third-order valence-electron chi connectivity index (χ3n) is 3.01. The van der Waals surface area contributed by atoms with Crippen LogP contribution in [0.1, 0.15) is 19.4 Å². The van der Waals surface area contributed by atoms with Crippen LogP contribution in [0.5, 0.6) is 0 Å². The van der Waals surface area contributed by atoms with Crippen molar-refractivity contribution in [1.82, 2.24) is 4.90 Å². The Morgan fingerprint density at radius 2 is 1.78 bits per heavy atom. The van der Waals surface area contributed by atoms with E-state index >= 15 is 0 Å². The number of ether oxygens (including phenoxy) is 1.